The molecule has 0 aromatic heterocycles. The SMILES string of the molecule is CCOc1ccc(C(O)=C2C(=O)C(=O)N(CCCN(CC)CC)[C@@H]2c2ccccc2OC)cc1Cl. The van der Waals surface area contributed by atoms with Crippen molar-refractivity contribution in [2.45, 2.75) is 33.2 Å². The number of amides is 1. The molecule has 0 radical (unpaired) electrons. The number of Topliss-reactive ketones (excluding diaryl/α,β-unsaturated/α-hetero) is 1. The van der Waals surface area contributed by atoms with E-state index in [0.717, 1.165) is 19.6 Å². The van der Waals surface area contributed by atoms with Gasteiger partial charge in [-0.25, -0.2) is 0 Å². The van der Waals surface area contributed by atoms with E-state index in [-0.39, 0.29) is 11.3 Å². The summed E-state index contributed by atoms with van der Waals surface area (Å²) in [5.74, 6) is -0.645. The van der Waals surface area contributed by atoms with Crippen LogP contribution in [0, 0.1) is 0 Å². The Labute approximate surface area is 211 Å². The first-order valence-electron chi connectivity index (χ1n) is 11.9. The van der Waals surface area contributed by atoms with Crippen LogP contribution in [0.15, 0.2) is 48.0 Å². The van der Waals surface area contributed by atoms with Gasteiger partial charge < -0.3 is 24.4 Å². The summed E-state index contributed by atoms with van der Waals surface area (Å²) in [5, 5.41) is 11.6. The van der Waals surface area contributed by atoms with Crippen LogP contribution in [0.5, 0.6) is 11.5 Å². The fraction of sp³-hybridized carbons (Fsp3) is 0.407. The normalized spacial score (nSPS) is 17.3. The molecule has 0 saturated carbocycles. The van der Waals surface area contributed by atoms with E-state index in [2.05, 4.69) is 18.7 Å². The van der Waals surface area contributed by atoms with Crippen LogP contribution >= 0.6 is 11.6 Å². The average Bonchev–Trinajstić information content (AvgIpc) is 3.12. The smallest absolute Gasteiger partial charge is 0.295 e. The van der Waals surface area contributed by atoms with Crippen molar-refractivity contribution in [2.75, 3.05) is 39.9 Å². The number of ether oxygens (including phenoxy) is 2. The number of methoxy groups -OCH3 is 1. The van der Waals surface area contributed by atoms with E-state index in [0.29, 0.717) is 47.2 Å². The lowest BCUT2D eigenvalue weighted by Crippen LogP contribution is -2.33. The van der Waals surface area contributed by atoms with E-state index in [1.165, 1.54) is 18.1 Å². The molecule has 1 aliphatic heterocycles. The molecule has 1 amide bonds. The number of carbonyl (C=O) groups is 2. The van der Waals surface area contributed by atoms with Gasteiger partial charge in [0.2, 0.25) is 0 Å². The van der Waals surface area contributed by atoms with Crippen molar-refractivity contribution in [3.8, 4) is 11.5 Å². The third kappa shape index (κ3) is 5.63. The number of benzene rings is 2. The van der Waals surface area contributed by atoms with E-state index in [1.807, 2.05) is 25.1 Å². The first-order chi connectivity index (χ1) is 16.9. The fourth-order valence-corrected chi connectivity index (χ4v) is 4.64. The molecule has 1 atom stereocenters. The summed E-state index contributed by atoms with van der Waals surface area (Å²) < 4.78 is 11.0. The van der Waals surface area contributed by atoms with Gasteiger partial charge in [0.25, 0.3) is 11.7 Å². The third-order valence-corrected chi connectivity index (χ3v) is 6.54. The van der Waals surface area contributed by atoms with Gasteiger partial charge in [0.1, 0.15) is 17.3 Å². The molecule has 1 aliphatic rings. The van der Waals surface area contributed by atoms with Crippen molar-refractivity contribution >= 4 is 29.1 Å². The van der Waals surface area contributed by atoms with Crippen molar-refractivity contribution in [3.63, 3.8) is 0 Å². The molecule has 2 aromatic rings. The summed E-state index contributed by atoms with van der Waals surface area (Å²) in [6.45, 7) is 9.44. The van der Waals surface area contributed by atoms with Crippen molar-refractivity contribution in [3.05, 3.63) is 64.2 Å². The van der Waals surface area contributed by atoms with Gasteiger partial charge in [-0.15, -0.1) is 0 Å². The maximum Gasteiger partial charge on any atom is 0.295 e. The van der Waals surface area contributed by atoms with Crippen LogP contribution in [0.4, 0.5) is 0 Å². The van der Waals surface area contributed by atoms with Gasteiger partial charge in [-0.1, -0.05) is 43.6 Å². The second kappa shape index (κ2) is 12.1. The molecular formula is C27H33ClN2O5. The van der Waals surface area contributed by atoms with Crippen molar-refractivity contribution in [1.82, 2.24) is 9.80 Å². The van der Waals surface area contributed by atoms with Crippen LogP contribution in [-0.4, -0.2) is 66.5 Å². The molecule has 0 spiro atoms. The molecule has 1 heterocycles. The van der Waals surface area contributed by atoms with E-state index >= 15 is 0 Å². The summed E-state index contributed by atoms with van der Waals surface area (Å²) in [6, 6.07) is 11.2. The molecule has 1 saturated heterocycles. The standard InChI is InChI=1S/C27H33ClN2O5/c1-5-29(6-2)15-10-16-30-24(19-11-8-9-12-21(19)34-4)23(26(32)27(30)33)25(31)18-13-14-22(35-7-3)20(28)17-18/h8-9,11-14,17,24,31H,5-7,10,15-16H2,1-4H3/t24-/m1/s1. The van der Waals surface area contributed by atoms with Gasteiger partial charge in [0, 0.05) is 17.7 Å². The van der Waals surface area contributed by atoms with Crippen molar-refractivity contribution in [2.24, 2.45) is 0 Å². The molecule has 188 valence electrons. The molecular weight excluding hydrogens is 468 g/mol. The second-order valence-corrected chi connectivity index (χ2v) is 8.60. The number of carbonyl (C=O) groups excluding carboxylic acids is 2. The van der Waals surface area contributed by atoms with Crippen LogP contribution in [0.25, 0.3) is 5.76 Å². The summed E-state index contributed by atoms with van der Waals surface area (Å²) in [4.78, 5) is 30.2. The van der Waals surface area contributed by atoms with E-state index in [4.69, 9.17) is 21.1 Å². The average molecular weight is 501 g/mol. The molecule has 7 nitrogen and oxygen atoms in total. The summed E-state index contributed by atoms with van der Waals surface area (Å²) in [6.07, 6.45) is 0.690. The van der Waals surface area contributed by atoms with Gasteiger partial charge in [0.05, 0.1) is 30.4 Å². The Morgan fingerprint density at radius 3 is 2.43 bits per heavy atom. The van der Waals surface area contributed by atoms with Crippen molar-refractivity contribution in [1.29, 1.82) is 0 Å². The number of halogens is 1. The molecule has 0 unspecified atom stereocenters. The van der Waals surface area contributed by atoms with Gasteiger partial charge in [-0.05, 0) is 57.2 Å². The van der Waals surface area contributed by atoms with Crippen LogP contribution in [0.3, 0.4) is 0 Å². The molecule has 35 heavy (non-hydrogen) atoms. The zero-order chi connectivity index (χ0) is 25.5. The Morgan fingerprint density at radius 2 is 1.80 bits per heavy atom. The molecule has 1 fully saturated rings. The largest absolute Gasteiger partial charge is 0.507 e. The topological polar surface area (TPSA) is 79.3 Å². The van der Waals surface area contributed by atoms with Crippen LogP contribution in [0.2, 0.25) is 5.02 Å². The fourth-order valence-electron chi connectivity index (χ4n) is 4.41. The predicted octanol–water partition coefficient (Wildman–Crippen LogP) is 4.90. The highest BCUT2D eigenvalue weighted by molar-refractivity contribution is 6.46. The number of ketones is 1. The quantitative estimate of drug-likeness (QED) is 0.268. The van der Waals surface area contributed by atoms with Gasteiger partial charge in [-0.3, -0.25) is 9.59 Å². The Balaban J connectivity index is 2.08. The minimum atomic E-state index is -0.784. The Morgan fingerprint density at radius 1 is 1.09 bits per heavy atom. The first kappa shape index (κ1) is 26.6. The number of rotatable bonds is 11. The lowest BCUT2D eigenvalue weighted by Gasteiger charge is -2.27. The molecule has 3 rings (SSSR count). The van der Waals surface area contributed by atoms with Crippen LogP contribution < -0.4 is 9.47 Å². The second-order valence-electron chi connectivity index (χ2n) is 8.19. The summed E-state index contributed by atoms with van der Waals surface area (Å²) >= 11 is 6.33. The lowest BCUT2D eigenvalue weighted by atomic mass is 9.94. The van der Waals surface area contributed by atoms with Gasteiger partial charge in [-0.2, -0.15) is 0 Å². The number of para-hydroxylation sites is 1. The maximum atomic E-state index is 13.3. The number of aliphatic hydroxyl groups excluding tert-OH is 1. The van der Waals surface area contributed by atoms with E-state index in [9.17, 15) is 14.7 Å². The van der Waals surface area contributed by atoms with Crippen molar-refractivity contribution < 1.29 is 24.2 Å². The predicted molar refractivity (Wildman–Crippen MR) is 137 cm³/mol. The Kier molecular flexibility index (Phi) is 9.18. The number of hydrogen-bond donors (Lipinski definition) is 1. The maximum absolute atomic E-state index is 13.3. The number of nitrogens with zero attached hydrogens (tertiary/aromatic N) is 2. The minimum absolute atomic E-state index is 0.0163. The van der Waals surface area contributed by atoms with E-state index in [1.54, 1.807) is 18.2 Å². The summed E-state index contributed by atoms with van der Waals surface area (Å²) in [7, 11) is 1.54. The highest BCUT2D eigenvalue weighted by atomic mass is 35.5. The van der Waals surface area contributed by atoms with Crippen LogP contribution in [-0.2, 0) is 9.59 Å². The summed E-state index contributed by atoms with van der Waals surface area (Å²) in [5.41, 5.74) is 0.984. The number of hydrogen-bond acceptors (Lipinski definition) is 6. The molecule has 0 bridgehead atoms. The Bertz CT molecular complexity index is 1100. The van der Waals surface area contributed by atoms with E-state index < -0.39 is 17.7 Å². The highest BCUT2D eigenvalue weighted by Crippen LogP contribution is 2.43. The zero-order valence-corrected chi connectivity index (χ0v) is 21.5. The first-order valence-corrected chi connectivity index (χ1v) is 12.3. The number of aliphatic hydroxyl groups is 1. The molecule has 1 N–H and O–H groups in total. The zero-order valence-electron chi connectivity index (χ0n) is 20.7. The van der Waals surface area contributed by atoms with Gasteiger partial charge >= 0.3 is 0 Å². The number of likely N-dealkylation sites (tertiary alicyclic amines) is 1. The molecule has 8 heteroatoms. The highest BCUT2D eigenvalue weighted by Gasteiger charge is 2.46. The lowest BCUT2D eigenvalue weighted by molar-refractivity contribution is -0.140. The van der Waals surface area contributed by atoms with Crippen LogP contribution in [0.1, 0.15) is 44.4 Å². The molecule has 0 aliphatic carbocycles. The Hall–Kier alpha value is -3.03. The molecule has 2 aromatic carbocycles. The minimum Gasteiger partial charge on any atom is -0.507 e. The van der Waals surface area contributed by atoms with Gasteiger partial charge in [0.15, 0.2) is 0 Å². The monoisotopic (exact) mass is 500 g/mol. The third-order valence-electron chi connectivity index (χ3n) is 6.25.